The molecule has 8 heteroatoms. The molecule has 1 saturated heterocycles. The highest BCUT2D eigenvalue weighted by atomic mass is 35.5. The molecule has 1 fully saturated rings. The molecule has 0 aliphatic carbocycles. The van der Waals surface area contributed by atoms with Crippen LogP contribution in [0.15, 0.2) is 85.3 Å². The number of rotatable bonds is 10. The molecule has 1 amide bonds. The highest BCUT2D eigenvalue weighted by Crippen LogP contribution is 2.23. The summed E-state index contributed by atoms with van der Waals surface area (Å²) < 4.78 is 8.02. The number of aromatic nitrogens is 2. The zero-order valence-corrected chi connectivity index (χ0v) is 21.6. The molecule has 0 radical (unpaired) electrons. The number of nitrogens with zero attached hydrogens (tertiary/aromatic N) is 4. The van der Waals surface area contributed by atoms with Crippen molar-refractivity contribution in [3.8, 4) is 11.8 Å². The second-order valence-electron chi connectivity index (χ2n) is 9.34. The maximum absolute atomic E-state index is 13.0. The van der Waals surface area contributed by atoms with Crippen LogP contribution in [0.2, 0.25) is 5.02 Å². The van der Waals surface area contributed by atoms with Crippen molar-refractivity contribution in [1.82, 2.24) is 19.8 Å². The van der Waals surface area contributed by atoms with Gasteiger partial charge in [-0.25, -0.2) is 4.98 Å². The summed E-state index contributed by atoms with van der Waals surface area (Å²) in [5.74, 6) is 0.660. The van der Waals surface area contributed by atoms with Crippen molar-refractivity contribution in [3.63, 3.8) is 0 Å². The van der Waals surface area contributed by atoms with E-state index < -0.39 is 0 Å². The number of carbonyl (C=O) groups is 1. The van der Waals surface area contributed by atoms with Gasteiger partial charge >= 0.3 is 0 Å². The Bertz CT molecular complexity index is 1450. The van der Waals surface area contributed by atoms with Crippen LogP contribution in [0.4, 0.5) is 0 Å². The average molecular weight is 526 g/mol. The second kappa shape index (κ2) is 12.0. The minimum atomic E-state index is -0.231. The van der Waals surface area contributed by atoms with Crippen LogP contribution in [0.3, 0.4) is 0 Å². The third-order valence-electron chi connectivity index (χ3n) is 6.64. The number of likely N-dealkylation sites (tertiary alicyclic amines) is 1. The van der Waals surface area contributed by atoms with Gasteiger partial charge in [0.15, 0.2) is 0 Å². The van der Waals surface area contributed by atoms with Gasteiger partial charge in [-0.1, -0.05) is 60.1 Å². The average Bonchev–Trinajstić information content (AvgIpc) is 3.52. The maximum Gasteiger partial charge on any atom is 0.240 e. The Hall–Kier alpha value is -4.12. The lowest BCUT2D eigenvalue weighted by Crippen LogP contribution is -2.38. The first-order valence-corrected chi connectivity index (χ1v) is 12.9. The summed E-state index contributed by atoms with van der Waals surface area (Å²) in [5.41, 5.74) is 4.54. The van der Waals surface area contributed by atoms with E-state index in [-0.39, 0.29) is 11.9 Å². The van der Waals surface area contributed by atoms with Crippen molar-refractivity contribution in [3.05, 3.63) is 118 Å². The Labute approximate surface area is 227 Å². The molecule has 3 aromatic carbocycles. The third-order valence-corrected chi connectivity index (χ3v) is 6.88. The molecular weight excluding hydrogens is 498 g/mol. The van der Waals surface area contributed by atoms with E-state index in [1.807, 2.05) is 82.4 Å². The van der Waals surface area contributed by atoms with E-state index in [2.05, 4.69) is 16.4 Å². The van der Waals surface area contributed by atoms with E-state index in [0.717, 1.165) is 28.8 Å². The van der Waals surface area contributed by atoms with E-state index in [4.69, 9.17) is 16.3 Å². The van der Waals surface area contributed by atoms with Crippen LogP contribution in [0.1, 0.15) is 34.4 Å². The van der Waals surface area contributed by atoms with E-state index in [1.54, 1.807) is 12.4 Å². The second-order valence-corrected chi connectivity index (χ2v) is 9.78. The Kier molecular flexibility index (Phi) is 8.03. The van der Waals surface area contributed by atoms with Crippen LogP contribution < -0.4 is 10.1 Å². The summed E-state index contributed by atoms with van der Waals surface area (Å²) in [6, 6.07) is 25.1. The lowest BCUT2D eigenvalue weighted by atomic mass is 10.1. The minimum absolute atomic E-state index is 0.100. The number of amides is 1. The topological polar surface area (TPSA) is 83.2 Å². The summed E-state index contributed by atoms with van der Waals surface area (Å²) in [5, 5.41) is 13.6. The minimum Gasteiger partial charge on any atom is -0.488 e. The van der Waals surface area contributed by atoms with Crippen LogP contribution in [0.25, 0.3) is 0 Å². The molecule has 38 heavy (non-hydrogen) atoms. The van der Waals surface area contributed by atoms with Crippen LogP contribution in [0, 0.1) is 11.3 Å². The van der Waals surface area contributed by atoms with Gasteiger partial charge in [0, 0.05) is 37.4 Å². The van der Waals surface area contributed by atoms with E-state index in [1.165, 1.54) is 0 Å². The number of benzene rings is 3. The quantitative estimate of drug-likeness (QED) is 0.317. The normalized spacial score (nSPS) is 15.0. The molecule has 5 rings (SSSR count). The number of nitriles is 1. The lowest BCUT2D eigenvalue weighted by molar-refractivity contribution is -0.129. The van der Waals surface area contributed by atoms with E-state index in [0.29, 0.717) is 49.1 Å². The number of hydrogen-bond donors (Lipinski definition) is 1. The molecule has 1 aliphatic rings. The number of nitrogens with one attached hydrogen (secondary N) is 1. The lowest BCUT2D eigenvalue weighted by Gasteiger charge is -2.18. The first kappa shape index (κ1) is 25.5. The van der Waals surface area contributed by atoms with Gasteiger partial charge in [0.25, 0.3) is 0 Å². The molecule has 1 atom stereocenters. The number of halogens is 1. The molecule has 1 aromatic heterocycles. The van der Waals surface area contributed by atoms with Gasteiger partial charge in [0.2, 0.25) is 5.91 Å². The first-order valence-electron chi connectivity index (χ1n) is 12.5. The Morgan fingerprint density at radius 1 is 1.03 bits per heavy atom. The van der Waals surface area contributed by atoms with Gasteiger partial charge in [0.05, 0.1) is 23.6 Å². The van der Waals surface area contributed by atoms with Crippen LogP contribution in [0.5, 0.6) is 5.75 Å². The summed E-state index contributed by atoms with van der Waals surface area (Å²) in [6.45, 7) is 2.75. The summed E-state index contributed by atoms with van der Waals surface area (Å²) in [4.78, 5) is 19.2. The van der Waals surface area contributed by atoms with Crippen LogP contribution in [-0.2, 0) is 31.0 Å². The molecule has 1 N–H and O–H groups in total. The Morgan fingerprint density at radius 2 is 1.84 bits per heavy atom. The fraction of sp³-hybridized carbons (Fsp3) is 0.233. The van der Waals surface area contributed by atoms with Gasteiger partial charge in [-0.15, -0.1) is 0 Å². The molecule has 0 unspecified atom stereocenters. The maximum atomic E-state index is 13.0. The molecule has 1 aliphatic heterocycles. The first-order chi connectivity index (χ1) is 18.6. The fourth-order valence-electron chi connectivity index (χ4n) is 4.62. The van der Waals surface area contributed by atoms with Crippen LogP contribution >= 0.6 is 11.6 Å². The van der Waals surface area contributed by atoms with Gasteiger partial charge in [-0.3, -0.25) is 4.79 Å². The summed E-state index contributed by atoms with van der Waals surface area (Å²) in [7, 11) is 0. The summed E-state index contributed by atoms with van der Waals surface area (Å²) >= 11 is 6.09. The van der Waals surface area contributed by atoms with Crippen molar-refractivity contribution in [2.45, 2.75) is 38.7 Å². The van der Waals surface area contributed by atoms with E-state index >= 15 is 0 Å². The Morgan fingerprint density at radius 3 is 2.66 bits per heavy atom. The van der Waals surface area contributed by atoms with E-state index in [9.17, 15) is 10.1 Å². The van der Waals surface area contributed by atoms with Gasteiger partial charge in [-0.2, -0.15) is 5.26 Å². The van der Waals surface area contributed by atoms with Crippen molar-refractivity contribution >= 4 is 17.5 Å². The molecule has 7 nitrogen and oxygen atoms in total. The highest BCUT2D eigenvalue weighted by molar-refractivity contribution is 6.30. The summed E-state index contributed by atoms with van der Waals surface area (Å²) in [6.07, 6.45) is 4.35. The van der Waals surface area contributed by atoms with Gasteiger partial charge in [-0.05, 0) is 47.4 Å². The molecule has 0 spiro atoms. The molecule has 0 bridgehead atoms. The van der Waals surface area contributed by atoms with Crippen molar-refractivity contribution < 1.29 is 9.53 Å². The van der Waals surface area contributed by atoms with Crippen molar-refractivity contribution in [2.75, 3.05) is 6.54 Å². The monoisotopic (exact) mass is 525 g/mol. The third kappa shape index (κ3) is 6.23. The predicted octanol–water partition coefficient (Wildman–Crippen LogP) is 4.93. The van der Waals surface area contributed by atoms with Gasteiger partial charge < -0.3 is 19.5 Å². The smallest absolute Gasteiger partial charge is 0.240 e. The van der Waals surface area contributed by atoms with Crippen molar-refractivity contribution in [2.24, 2.45) is 0 Å². The molecule has 0 saturated carbocycles. The SMILES string of the molecule is N#Cc1ccc(Cn2cncc2CN[C@@H]2CCN(Cc3cccc(Cl)c3)C2=O)cc1OCc1ccccc1. The highest BCUT2D eigenvalue weighted by Gasteiger charge is 2.31. The molecule has 2 heterocycles. The number of imidazole rings is 1. The number of ether oxygens (including phenoxy) is 1. The number of hydrogen-bond acceptors (Lipinski definition) is 5. The largest absolute Gasteiger partial charge is 0.488 e. The van der Waals surface area contributed by atoms with Gasteiger partial charge in [0.1, 0.15) is 18.4 Å². The molecule has 4 aromatic rings. The fourth-order valence-corrected chi connectivity index (χ4v) is 4.83. The molecule has 192 valence electrons. The predicted molar refractivity (Wildman–Crippen MR) is 145 cm³/mol. The number of carbonyl (C=O) groups excluding carboxylic acids is 1. The zero-order chi connectivity index (χ0) is 26.3. The van der Waals surface area contributed by atoms with Crippen molar-refractivity contribution in [1.29, 1.82) is 5.26 Å². The van der Waals surface area contributed by atoms with Crippen LogP contribution in [-0.4, -0.2) is 32.9 Å². The Balaban J connectivity index is 1.19. The zero-order valence-electron chi connectivity index (χ0n) is 20.9. The standard InChI is InChI=1S/C30H28ClN5O2/c31-26-8-4-7-23(13-26)18-35-12-11-28(30(35)37)34-17-27-16-33-21-36(27)19-24-9-10-25(15-32)29(14-24)38-20-22-5-2-1-3-6-22/h1-10,13-14,16,21,28,34H,11-12,17-20H2/t28-/m1/s1. The molecular formula is C30H28ClN5O2.